The second-order valence-electron chi connectivity index (χ2n) is 4.47. The lowest BCUT2D eigenvalue weighted by Crippen LogP contribution is -2.38. The van der Waals surface area contributed by atoms with Gasteiger partial charge in [-0.2, -0.15) is 15.0 Å². The summed E-state index contributed by atoms with van der Waals surface area (Å²) in [6, 6.07) is -0.415. The fourth-order valence-corrected chi connectivity index (χ4v) is 1.78. The maximum Gasteiger partial charge on any atom is 0.242 e. The molecule has 1 aromatic rings. The lowest BCUT2D eigenvalue weighted by molar-refractivity contribution is -0.121. The Bertz CT molecular complexity index is 462. The van der Waals surface area contributed by atoms with Gasteiger partial charge in [0.25, 0.3) is 0 Å². The van der Waals surface area contributed by atoms with Gasteiger partial charge in [0.1, 0.15) is 6.04 Å². The number of nitrogens with one attached hydrogen (secondary N) is 3. The number of carbonyl (C=O) groups excluding carboxylic acids is 1. The summed E-state index contributed by atoms with van der Waals surface area (Å²) in [7, 11) is 1.75. The molecular formula is C13H25N7O. The molecule has 0 aliphatic rings. The first kappa shape index (κ1) is 16.9. The van der Waals surface area contributed by atoms with Crippen molar-refractivity contribution in [2.75, 3.05) is 42.2 Å². The van der Waals surface area contributed by atoms with Crippen LogP contribution in [-0.2, 0) is 4.79 Å². The number of rotatable bonds is 8. The molecule has 0 radical (unpaired) electrons. The zero-order valence-electron chi connectivity index (χ0n) is 13.4. The molecule has 0 aliphatic carbocycles. The Labute approximate surface area is 125 Å². The van der Waals surface area contributed by atoms with Crippen LogP contribution in [0, 0.1) is 0 Å². The number of nitrogens with zero attached hydrogens (tertiary/aromatic N) is 4. The molecule has 0 bridgehead atoms. The second-order valence-corrected chi connectivity index (χ2v) is 4.47. The van der Waals surface area contributed by atoms with E-state index in [-0.39, 0.29) is 5.91 Å². The molecular weight excluding hydrogens is 270 g/mol. The van der Waals surface area contributed by atoms with Crippen molar-refractivity contribution in [1.29, 1.82) is 0 Å². The Balaban J connectivity index is 2.96. The molecule has 0 aliphatic heterocycles. The van der Waals surface area contributed by atoms with Crippen LogP contribution in [0.1, 0.15) is 27.7 Å². The van der Waals surface area contributed by atoms with Crippen LogP contribution in [0.4, 0.5) is 17.8 Å². The molecule has 1 amide bonds. The molecule has 1 unspecified atom stereocenters. The number of amides is 1. The Morgan fingerprint density at radius 3 is 2.29 bits per heavy atom. The summed E-state index contributed by atoms with van der Waals surface area (Å²) in [5.74, 6) is 1.35. The van der Waals surface area contributed by atoms with Gasteiger partial charge in [0.05, 0.1) is 0 Å². The van der Waals surface area contributed by atoms with Gasteiger partial charge in [-0.15, -0.1) is 0 Å². The van der Waals surface area contributed by atoms with Gasteiger partial charge >= 0.3 is 0 Å². The molecule has 1 rings (SSSR count). The van der Waals surface area contributed by atoms with E-state index in [0.29, 0.717) is 24.4 Å². The van der Waals surface area contributed by atoms with Gasteiger partial charge in [0.2, 0.25) is 23.8 Å². The number of anilines is 3. The van der Waals surface area contributed by atoms with Crippen LogP contribution < -0.4 is 20.9 Å². The van der Waals surface area contributed by atoms with Gasteiger partial charge in [0.15, 0.2) is 0 Å². The molecule has 21 heavy (non-hydrogen) atoms. The lowest BCUT2D eigenvalue weighted by atomic mass is 10.3. The van der Waals surface area contributed by atoms with Crippen LogP contribution >= 0.6 is 0 Å². The third-order valence-corrected chi connectivity index (χ3v) is 2.98. The molecule has 0 aromatic carbocycles. The Morgan fingerprint density at radius 1 is 1.14 bits per heavy atom. The molecule has 8 heteroatoms. The van der Waals surface area contributed by atoms with E-state index in [4.69, 9.17) is 0 Å². The molecule has 0 fully saturated rings. The van der Waals surface area contributed by atoms with E-state index in [0.717, 1.165) is 13.1 Å². The minimum atomic E-state index is -0.415. The van der Waals surface area contributed by atoms with Crippen molar-refractivity contribution in [1.82, 2.24) is 20.3 Å². The van der Waals surface area contributed by atoms with Gasteiger partial charge in [-0.1, -0.05) is 0 Å². The van der Waals surface area contributed by atoms with Crippen LogP contribution in [0.5, 0.6) is 0 Å². The predicted octanol–water partition coefficient (Wildman–Crippen LogP) is 0.696. The van der Waals surface area contributed by atoms with Gasteiger partial charge in [-0.05, 0) is 27.7 Å². The average Bonchev–Trinajstić information content (AvgIpc) is 2.48. The molecule has 1 aromatic heterocycles. The average molecular weight is 295 g/mol. The minimum absolute atomic E-state index is 0.0895. The fraction of sp³-hybridized carbons (Fsp3) is 0.692. The third-order valence-electron chi connectivity index (χ3n) is 2.98. The number of carbonyl (C=O) groups is 1. The minimum Gasteiger partial charge on any atom is -0.357 e. The maximum atomic E-state index is 11.8. The zero-order valence-corrected chi connectivity index (χ0v) is 13.4. The maximum absolute atomic E-state index is 11.8. The smallest absolute Gasteiger partial charge is 0.242 e. The molecule has 0 saturated carbocycles. The van der Waals surface area contributed by atoms with Crippen molar-refractivity contribution in [2.45, 2.75) is 33.7 Å². The van der Waals surface area contributed by atoms with E-state index in [1.165, 1.54) is 0 Å². The number of hydrogen-bond donors (Lipinski definition) is 3. The van der Waals surface area contributed by atoms with Crippen LogP contribution in [0.2, 0.25) is 0 Å². The van der Waals surface area contributed by atoms with Gasteiger partial charge < -0.3 is 20.9 Å². The molecule has 1 atom stereocenters. The normalized spacial score (nSPS) is 11.7. The molecule has 0 spiro atoms. The quantitative estimate of drug-likeness (QED) is 0.649. The number of likely N-dealkylation sites (N-methyl/N-ethyl adjacent to an activating group) is 1. The van der Waals surface area contributed by atoms with Crippen molar-refractivity contribution in [3.8, 4) is 0 Å². The molecule has 8 nitrogen and oxygen atoms in total. The summed E-state index contributed by atoms with van der Waals surface area (Å²) in [4.78, 5) is 26.7. The summed E-state index contributed by atoms with van der Waals surface area (Å²) < 4.78 is 0. The van der Waals surface area contributed by atoms with Crippen molar-refractivity contribution in [3.05, 3.63) is 0 Å². The summed E-state index contributed by atoms with van der Waals surface area (Å²) in [6.07, 6.45) is 0. The van der Waals surface area contributed by atoms with E-state index in [9.17, 15) is 4.79 Å². The first-order chi connectivity index (χ1) is 10.0. The van der Waals surface area contributed by atoms with Crippen molar-refractivity contribution in [3.63, 3.8) is 0 Å². The Kier molecular flexibility index (Phi) is 6.64. The first-order valence-electron chi connectivity index (χ1n) is 7.28. The van der Waals surface area contributed by atoms with Crippen LogP contribution in [0.3, 0.4) is 0 Å². The fourth-order valence-electron chi connectivity index (χ4n) is 1.78. The van der Waals surface area contributed by atoms with Crippen molar-refractivity contribution in [2.24, 2.45) is 0 Å². The predicted molar refractivity (Wildman–Crippen MR) is 84.7 cm³/mol. The summed E-state index contributed by atoms with van der Waals surface area (Å²) in [5, 5.41) is 8.67. The molecule has 0 saturated heterocycles. The van der Waals surface area contributed by atoms with Gasteiger partial charge in [-0.3, -0.25) is 4.79 Å². The van der Waals surface area contributed by atoms with E-state index in [1.54, 1.807) is 14.0 Å². The van der Waals surface area contributed by atoms with Gasteiger partial charge in [0, 0.05) is 26.7 Å². The summed E-state index contributed by atoms with van der Waals surface area (Å²) >= 11 is 0. The highest BCUT2D eigenvalue weighted by atomic mass is 16.2. The first-order valence-corrected chi connectivity index (χ1v) is 7.28. The van der Waals surface area contributed by atoms with Crippen LogP contribution in [0.15, 0.2) is 0 Å². The Hall–Kier alpha value is -2.12. The Morgan fingerprint density at radius 2 is 1.76 bits per heavy atom. The monoisotopic (exact) mass is 295 g/mol. The molecule has 1 heterocycles. The summed E-state index contributed by atoms with van der Waals surface area (Å²) in [6.45, 7) is 9.92. The van der Waals surface area contributed by atoms with Crippen LogP contribution in [-0.4, -0.2) is 53.6 Å². The van der Waals surface area contributed by atoms with Gasteiger partial charge in [-0.25, -0.2) is 0 Å². The van der Waals surface area contributed by atoms with Crippen LogP contribution in [0.25, 0.3) is 0 Å². The van der Waals surface area contributed by atoms with E-state index in [2.05, 4.69) is 30.9 Å². The highest BCUT2D eigenvalue weighted by Crippen LogP contribution is 2.13. The third kappa shape index (κ3) is 4.73. The zero-order chi connectivity index (χ0) is 15.8. The standard InChI is InChI=1S/C13H25N7O/c1-6-15-10(21)9(4)16-12-17-11(14-5)18-13(19-12)20(7-2)8-3/h9H,6-8H2,1-5H3,(H,15,21)(H2,14,16,17,18,19). The molecule has 118 valence electrons. The van der Waals surface area contributed by atoms with E-state index < -0.39 is 6.04 Å². The second kappa shape index (κ2) is 8.23. The topological polar surface area (TPSA) is 95.1 Å². The molecule has 3 N–H and O–H groups in total. The van der Waals surface area contributed by atoms with Crippen molar-refractivity contribution < 1.29 is 4.79 Å². The highest BCUT2D eigenvalue weighted by molar-refractivity contribution is 5.83. The highest BCUT2D eigenvalue weighted by Gasteiger charge is 2.15. The lowest BCUT2D eigenvalue weighted by Gasteiger charge is -2.20. The summed E-state index contributed by atoms with van der Waals surface area (Å²) in [5.41, 5.74) is 0. The SMILES string of the molecule is CCNC(=O)C(C)Nc1nc(NC)nc(N(CC)CC)n1. The largest absolute Gasteiger partial charge is 0.357 e. The van der Waals surface area contributed by atoms with Crippen molar-refractivity contribution >= 4 is 23.8 Å². The van der Waals surface area contributed by atoms with E-state index in [1.807, 2.05) is 25.7 Å². The number of aromatic nitrogens is 3. The van der Waals surface area contributed by atoms with E-state index >= 15 is 0 Å². The number of hydrogen-bond acceptors (Lipinski definition) is 7.